The van der Waals surface area contributed by atoms with Crippen LogP contribution < -0.4 is 5.32 Å². The summed E-state index contributed by atoms with van der Waals surface area (Å²) in [5, 5.41) is 22.7. The lowest BCUT2D eigenvalue weighted by Crippen LogP contribution is -2.30. The van der Waals surface area contributed by atoms with Crippen molar-refractivity contribution in [1.82, 2.24) is 10.3 Å². The zero-order chi connectivity index (χ0) is 13.3. The van der Waals surface area contributed by atoms with Crippen LogP contribution in [0.5, 0.6) is 5.75 Å². The molecule has 0 aliphatic carbocycles. The van der Waals surface area contributed by atoms with Gasteiger partial charge in [0.05, 0.1) is 4.70 Å². The van der Waals surface area contributed by atoms with E-state index in [9.17, 15) is 14.7 Å². The molecule has 6 nitrogen and oxygen atoms in total. The molecule has 94 valence electrons. The van der Waals surface area contributed by atoms with Crippen molar-refractivity contribution in [2.24, 2.45) is 0 Å². The average Bonchev–Trinajstić information content (AvgIpc) is 2.80. The van der Waals surface area contributed by atoms with Gasteiger partial charge < -0.3 is 15.5 Å². The Bertz CT molecular complexity index is 640. The summed E-state index contributed by atoms with van der Waals surface area (Å²) in [5.41, 5.74) is -0.285. The molecule has 0 radical (unpaired) electrons. The molecule has 0 aliphatic heterocycles. The minimum Gasteiger partial charge on any atom is -0.505 e. The highest BCUT2D eigenvalue weighted by Gasteiger charge is 2.19. The summed E-state index contributed by atoms with van der Waals surface area (Å²) >= 11 is 7.16. The Morgan fingerprint density at radius 1 is 1.50 bits per heavy atom. The van der Waals surface area contributed by atoms with Crippen molar-refractivity contribution in [3.8, 4) is 5.75 Å². The van der Waals surface area contributed by atoms with Gasteiger partial charge in [-0.05, 0) is 11.4 Å². The van der Waals surface area contributed by atoms with E-state index in [-0.39, 0.29) is 16.6 Å². The maximum absolute atomic E-state index is 11.6. The number of carbonyl (C=O) groups is 2. The second kappa shape index (κ2) is 4.79. The standard InChI is InChI=1S/C10H7ClN2O4S/c11-9-8-4(1-2-18-8)7(16)6(13-9)10(17)12-3-5(14)15/h1-2,16H,3H2,(H,12,17)(H,14,15). The predicted octanol–water partition coefficient (Wildman–Crippen LogP) is 1.47. The van der Waals surface area contributed by atoms with Crippen LogP contribution in [0.3, 0.4) is 0 Å². The van der Waals surface area contributed by atoms with Gasteiger partial charge in [0.15, 0.2) is 11.4 Å². The zero-order valence-electron chi connectivity index (χ0n) is 8.81. The summed E-state index contributed by atoms with van der Waals surface area (Å²) in [7, 11) is 0. The van der Waals surface area contributed by atoms with Gasteiger partial charge >= 0.3 is 5.97 Å². The molecule has 0 spiro atoms. The number of aromatic hydroxyl groups is 1. The second-order valence-electron chi connectivity index (χ2n) is 3.34. The lowest BCUT2D eigenvalue weighted by atomic mass is 10.2. The van der Waals surface area contributed by atoms with E-state index in [1.54, 1.807) is 11.4 Å². The van der Waals surface area contributed by atoms with Crippen molar-refractivity contribution in [3.05, 3.63) is 22.3 Å². The molecule has 0 bridgehead atoms. The highest BCUT2D eigenvalue weighted by Crippen LogP contribution is 2.35. The molecule has 18 heavy (non-hydrogen) atoms. The fraction of sp³-hybridized carbons (Fsp3) is 0.100. The number of hydrogen-bond acceptors (Lipinski definition) is 5. The molecule has 0 fully saturated rings. The van der Waals surface area contributed by atoms with E-state index in [1.165, 1.54) is 11.3 Å². The van der Waals surface area contributed by atoms with Gasteiger partial charge in [-0.25, -0.2) is 4.98 Å². The van der Waals surface area contributed by atoms with E-state index >= 15 is 0 Å². The van der Waals surface area contributed by atoms with Crippen LogP contribution in [0.15, 0.2) is 11.4 Å². The summed E-state index contributed by atoms with van der Waals surface area (Å²) in [6.07, 6.45) is 0. The number of fused-ring (bicyclic) bond motifs is 1. The van der Waals surface area contributed by atoms with E-state index in [0.717, 1.165) is 0 Å². The molecule has 2 aromatic heterocycles. The number of nitrogens with zero attached hydrogens (tertiary/aromatic N) is 1. The Labute approximate surface area is 110 Å². The largest absolute Gasteiger partial charge is 0.505 e. The molecule has 2 heterocycles. The van der Waals surface area contributed by atoms with Gasteiger partial charge in [0.25, 0.3) is 5.91 Å². The van der Waals surface area contributed by atoms with Crippen molar-refractivity contribution in [2.45, 2.75) is 0 Å². The molecule has 3 N–H and O–H groups in total. The normalized spacial score (nSPS) is 10.5. The third-order valence-corrected chi connectivity index (χ3v) is 3.46. The number of nitrogens with one attached hydrogen (secondary N) is 1. The summed E-state index contributed by atoms with van der Waals surface area (Å²) in [6.45, 7) is -0.556. The number of carboxylic acid groups (broad SMARTS) is 1. The first kappa shape index (κ1) is 12.6. The predicted molar refractivity (Wildman–Crippen MR) is 66.3 cm³/mol. The third-order valence-electron chi connectivity index (χ3n) is 2.16. The Morgan fingerprint density at radius 3 is 2.89 bits per heavy atom. The van der Waals surface area contributed by atoms with Crippen LogP contribution >= 0.6 is 22.9 Å². The molecule has 2 rings (SSSR count). The second-order valence-corrected chi connectivity index (χ2v) is 4.61. The Morgan fingerprint density at radius 2 is 2.22 bits per heavy atom. The Balaban J connectivity index is 2.41. The molecule has 0 aliphatic rings. The highest BCUT2D eigenvalue weighted by molar-refractivity contribution is 7.17. The van der Waals surface area contributed by atoms with Gasteiger partial charge in [-0.3, -0.25) is 9.59 Å². The minimum absolute atomic E-state index is 0.0956. The number of thiophene rings is 1. The van der Waals surface area contributed by atoms with Crippen LogP contribution in [0, 0.1) is 0 Å². The van der Waals surface area contributed by atoms with Crippen molar-refractivity contribution in [2.75, 3.05) is 6.54 Å². The molecule has 8 heteroatoms. The maximum atomic E-state index is 11.6. The number of hydrogen-bond donors (Lipinski definition) is 3. The van der Waals surface area contributed by atoms with Crippen LogP contribution in [0.25, 0.3) is 10.1 Å². The van der Waals surface area contributed by atoms with Gasteiger partial charge in [0.2, 0.25) is 0 Å². The van der Waals surface area contributed by atoms with Crippen molar-refractivity contribution in [3.63, 3.8) is 0 Å². The van der Waals surface area contributed by atoms with E-state index in [0.29, 0.717) is 10.1 Å². The number of aromatic nitrogens is 1. The number of amides is 1. The Kier molecular flexibility index (Phi) is 3.35. The SMILES string of the molecule is O=C(O)CNC(=O)c1nc(Cl)c2sccc2c1O. The van der Waals surface area contributed by atoms with Gasteiger partial charge in [0, 0.05) is 5.39 Å². The number of carbonyl (C=O) groups excluding carboxylic acids is 1. The van der Waals surface area contributed by atoms with Crippen LogP contribution in [0.4, 0.5) is 0 Å². The third kappa shape index (κ3) is 2.22. The lowest BCUT2D eigenvalue weighted by molar-refractivity contribution is -0.135. The number of carboxylic acids is 1. The first-order chi connectivity index (χ1) is 8.50. The van der Waals surface area contributed by atoms with Crippen molar-refractivity contribution < 1.29 is 19.8 Å². The van der Waals surface area contributed by atoms with Crippen LogP contribution in [0.1, 0.15) is 10.5 Å². The van der Waals surface area contributed by atoms with Crippen molar-refractivity contribution >= 4 is 44.9 Å². The van der Waals surface area contributed by atoms with Gasteiger partial charge in [0.1, 0.15) is 11.7 Å². The molecule has 2 aromatic rings. The van der Waals surface area contributed by atoms with Crippen LogP contribution in [-0.4, -0.2) is 33.6 Å². The highest BCUT2D eigenvalue weighted by atomic mass is 35.5. The summed E-state index contributed by atoms with van der Waals surface area (Å²) in [5.74, 6) is -2.28. The minimum atomic E-state index is -1.19. The number of pyridine rings is 1. The summed E-state index contributed by atoms with van der Waals surface area (Å²) in [4.78, 5) is 25.7. The first-order valence-corrected chi connectivity index (χ1v) is 6.02. The van der Waals surface area contributed by atoms with E-state index in [2.05, 4.69) is 10.3 Å². The van der Waals surface area contributed by atoms with Gasteiger partial charge in [-0.2, -0.15) is 0 Å². The van der Waals surface area contributed by atoms with E-state index in [4.69, 9.17) is 16.7 Å². The Hall–Kier alpha value is -1.86. The topological polar surface area (TPSA) is 99.5 Å². The van der Waals surface area contributed by atoms with Gasteiger partial charge in [-0.15, -0.1) is 11.3 Å². The van der Waals surface area contributed by atoms with Crippen LogP contribution in [-0.2, 0) is 4.79 Å². The number of aliphatic carboxylic acids is 1. The van der Waals surface area contributed by atoms with E-state index < -0.39 is 18.4 Å². The maximum Gasteiger partial charge on any atom is 0.322 e. The fourth-order valence-corrected chi connectivity index (χ4v) is 2.48. The molecular formula is C10H7ClN2O4S. The van der Waals surface area contributed by atoms with Crippen molar-refractivity contribution in [1.29, 1.82) is 0 Å². The van der Waals surface area contributed by atoms with Gasteiger partial charge in [-0.1, -0.05) is 11.6 Å². The first-order valence-electron chi connectivity index (χ1n) is 4.76. The number of rotatable bonds is 3. The average molecular weight is 287 g/mol. The smallest absolute Gasteiger partial charge is 0.322 e. The molecule has 0 saturated carbocycles. The number of halogens is 1. The van der Waals surface area contributed by atoms with E-state index in [1.807, 2.05) is 0 Å². The summed E-state index contributed by atoms with van der Waals surface area (Å²) < 4.78 is 0.573. The van der Waals surface area contributed by atoms with Crippen LogP contribution in [0.2, 0.25) is 5.15 Å². The lowest BCUT2D eigenvalue weighted by Gasteiger charge is -2.06. The molecular weight excluding hydrogens is 280 g/mol. The fourth-order valence-electron chi connectivity index (χ4n) is 1.38. The quantitative estimate of drug-likeness (QED) is 0.742. The molecule has 0 saturated heterocycles. The molecule has 1 amide bonds. The monoisotopic (exact) mass is 286 g/mol. The molecule has 0 aromatic carbocycles. The molecule has 0 atom stereocenters. The summed E-state index contributed by atoms with van der Waals surface area (Å²) in [6, 6.07) is 1.61. The zero-order valence-corrected chi connectivity index (χ0v) is 10.4. The molecule has 0 unspecified atom stereocenters.